The predicted octanol–water partition coefficient (Wildman–Crippen LogP) is 3.19. The number of fused-ring (bicyclic) bond motifs is 1. The van der Waals surface area contributed by atoms with Gasteiger partial charge in [0.05, 0.1) is 0 Å². The monoisotopic (exact) mass is 322 g/mol. The Bertz CT molecular complexity index is 850. The Morgan fingerprint density at radius 2 is 2.09 bits per heavy atom. The maximum atomic E-state index is 12.4. The molecule has 8 heteroatoms. The van der Waals surface area contributed by atoms with Gasteiger partial charge in [-0.15, -0.1) is 0 Å². The highest BCUT2D eigenvalue weighted by Gasteiger charge is 2.31. The van der Waals surface area contributed by atoms with E-state index in [0.717, 1.165) is 18.0 Å². The summed E-state index contributed by atoms with van der Waals surface area (Å²) in [4.78, 5) is 22.6. The molecule has 0 aliphatic rings. The third kappa shape index (κ3) is 3.05. The summed E-state index contributed by atoms with van der Waals surface area (Å²) in [5, 5.41) is 0.870. The van der Waals surface area contributed by atoms with E-state index in [2.05, 4.69) is 15.0 Å². The second-order valence-electron chi connectivity index (χ2n) is 5.18. The molecule has 3 aromatic rings. The quantitative estimate of drug-likeness (QED) is 0.778. The van der Waals surface area contributed by atoms with Crippen molar-refractivity contribution in [3.05, 3.63) is 42.5 Å². The van der Waals surface area contributed by atoms with E-state index >= 15 is 0 Å². The first kappa shape index (κ1) is 15.1. The largest absolute Gasteiger partial charge is 0.406 e. The average molecular weight is 322 g/mol. The molecule has 3 aromatic heterocycles. The lowest BCUT2D eigenvalue weighted by Crippen LogP contribution is -2.35. The SMILES string of the molecule is CN(CC(F)(F)F)C(=O)c1cc(-c2ccnc3[nH]ccc23)c[nH]1. The highest BCUT2D eigenvalue weighted by Crippen LogP contribution is 2.28. The van der Waals surface area contributed by atoms with Crippen LogP contribution in [0.2, 0.25) is 0 Å². The van der Waals surface area contributed by atoms with Crippen LogP contribution in [0.3, 0.4) is 0 Å². The minimum absolute atomic E-state index is 0.104. The summed E-state index contributed by atoms with van der Waals surface area (Å²) in [6, 6.07) is 5.17. The van der Waals surface area contributed by atoms with Crippen molar-refractivity contribution in [3.63, 3.8) is 0 Å². The zero-order valence-electron chi connectivity index (χ0n) is 12.1. The number of hydrogen-bond acceptors (Lipinski definition) is 2. The van der Waals surface area contributed by atoms with Gasteiger partial charge in [0.2, 0.25) is 0 Å². The van der Waals surface area contributed by atoms with Crippen molar-refractivity contribution in [1.82, 2.24) is 19.9 Å². The van der Waals surface area contributed by atoms with E-state index in [-0.39, 0.29) is 5.69 Å². The molecule has 5 nitrogen and oxygen atoms in total. The zero-order valence-corrected chi connectivity index (χ0v) is 12.1. The Kier molecular flexibility index (Phi) is 3.59. The lowest BCUT2D eigenvalue weighted by Gasteiger charge is -2.17. The average Bonchev–Trinajstić information content (AvgIpc) is 3.13. The number of amides is 1. The molecule has 3 heterocycles. The molecule has 0 aliphatic heterocycles. The molecule has 3 rings (SSSR count). The van der Waals surface area contributed by atoms with E-state index in [0.29, 0.717) is 16.1 Å². The minimum Gasteiger partial charge on any atom is -0.357 e. The van der Waals surface area contributed by atoms with Gasteiger partial charge in [-0.05, 0) is 23.8 Å². The van der Waals surface area contributed by atoms with Gasteiger partial charge >= 0.3 is 6.18 Å². The van der Waals surface area contributed by atoms with E-state index in [1.54, 1.807) is 24.7 Å². The molecule has 2 N–H and O–H groups in total. The summed E-state index contributed by atoms with van der Waals surface area (Å²) >= 11 is 0. The van der Waals surface area contributed by atoms with Crippen LogP contribution in [-0.4, -0.2) is 45.5 Å². The number of aromatic nitrogens is 3. The predicted molar refractivity (Wildman–Crippen MR) is 78.9 cm³/mol. The number of alkyl halides is 3. The summed E-state index contributed by atoms with van der Waals surface area (Å²) in [6.45, 7) is -1.29. The van der Waals surface area contributed by atoms with Gasteiger partial charge in [0, 0.05) is 36.6 Å². The van der Waals surface area contributed by atoms with Gasteiger partial charge in [0.1, 0.15) is 17.9 Å². The van der Waals surface area contributed by atoms with Crippen LogP contribution in [0.5, 0.6) is 0 Å². The Morgan fingerprint density at radius 1 is 1.30 bits per heavy atom. The zero-order chi connectivity index (χ0) is 16.6. The minimum atomic E-state index is -4.43. The van der Waals surface area contributed by atoms with E-state index in [9.17, 15) is 18.0 Å². The lowest BCUT2D eigenvalue weighted by molar-refractivity contribution is -0.138. The summed E-state index contributed by atoms with van der Waals surface area (Å²) in [5.74, 6) is -0.715. The summed E-state index contributed by atoms with van der Waals surface area (Å²) < 4.78 is 37.1. The molecule has 120 valence electrons. The van der Waals surface area contributed by atoms with Crippen molar-refractivity contribution >= 4 is 16.9 Å². The molecule has 0 atom stereocenters. The third-order valence-electron chi connectivity index (χ3n) is 3.45. The Labute approximate surface area is 129 Å². The molecule has 0 saturated carbocycles. The number of pyridine rings is 1. The third-order valence-corrected chi connectivity index (χ3v) is 3.45. The van der Waals surface area contributed by atoms with Crippen molar-refractivity contribution in [2.45, 2.75) is 6.18 Å². The summed E-state index contributed by atoms with van der Waals surface area (Å²) in [7, 11) is 1.12. The van der Waals surface area contributed by atoms with Gasteiger partial charge in [0.25, 0.3) is 5.91 Å². The maximum absolute atomic E-state index is 12.4. The molecule has 0 aliphatic carbocycles. The van der Waals surface area contributed by atoms with Crippen LogP contribution in [0.15, 0.2) is 36.8 Å². The fourth-order valence-corrected chi connectivity index (χ4v) is 2.43. The number of rotatable bonds is 3. The topological polar surface area (TPSA) is 64.8 Å². The number of nitrogens with zero attached hydrogens (tertiary/aromatic N) is 2. The van der Waals surface area contributed by atoms with E-state index in [1.807, 2.05) is 6.07 Å². The second-order valence-corrected chi connectivity index (χ2v) is 5.18. The van der Waals surface area contributed by atoms with Crippen molar-refractivity contribution in [3.8, 4) is 11.1 Å². The van der Waals surface area contributed by atoms with Crippen LogP contribution in [0.1, 0.15) is 10.5 Å². The molecular formula is C15H13F3N4O. The molecule has 0 fully saturated rings. The van der Waals surface area contributed by atoms with Gasteiger partial charge < -0.3 is 14.9 Å². The standard InChI is InChI=1S/C15H13F3N4O/c1-22(8-15(16,17)18)14(23)12-6-9(7-21-12)10-2-4-19-13-11(10)3-5-20-13/h2-7,21H,8H2,1H3,(H,19,20). The highest BCUT2D eigenvalue weighted by atomic mass is 19.4. The fourth-order valence-electron chi connectivity index (χ4n) is 2.43. The molecule has 0 spiro atoms. The Hall–Kier alpha value is -2.77. The van der Waals surface area contributed by atoms with Gasteiger partial charge in [-0.25, -0.2) is 4.98 Å². The van der Waals surface area contributed by atoms with Crippen LogP contribution in [0.4, 0.5) is 13.2 Å². The number of carbonyl (C=O) groups excluding carboxylic acids is 1. The fraction of sp³-hybridized carbons (Fsp3) is 0.200. The smallest absolute Gasteiger partial charge is 0.357 e. The normalized spacial score (nSPS) is 11.8. The number of halogens is 3. The molecular weight excluding hydrogens is 309 g/mol. The Balaban J connectivity index is 1.89. The first-order valence-corrected chi connectivity index (χ1v) is 6.78. The second kappa shape index (κ2) is 5.45. The van der Waals surface area contributed by atoms with Gasteiger partial charge in [-0.2, -0.15) is 13.2 Å². The lowest BCUT2D eigenvalue weighted by atomic mass is 10.1. The number of aromatic amines is 2. The van der Waals surface area contributed by atoms with Crippen molar-refractivity contribution in [1.29, 1.82) is 0 Å². The summed E-state index contributed by atoms with van der Waals surface area (Å²) in [5.41, 5.74) is 2.35. The molecule has 0 aromatic carbocycles. The molecule has 23 heavy (non-hydrogen) atoms. The van der Waals surface area contributed by atoms with Crippen molar-refractivity contribution in [2.24, 2.45) is 0 Å². The number of H-pyrrole nitrogens is 2. The number of carbonyl (C=O) groups is 1. The van der Waals surface area contributed by atoms with Crippen LogP contribution in [0.25, 0.3) is 22.2 Å². The molecule has 0 radical (unpaired) electrons. The van der Waals surface area contributed by atoms with Crippen molar-refractivity contribution in [2.75, 3.05) is 13.6 Å². The maximum Gasteiger partial charge on any atom is 0.406 e. The molecule has 1 amide bonds. The van der Waals surface area contributed by atoms with Crippen LogP contribution >= 0.6 is 0 Å². The van der Waals surface area contributed by atoms with Gasteiger partial charge in [0.15, 0.2) is 0 Å². The van der Waals surface area contributed by atoms with E-state index in [1.165, 1.54) is 6.07 Å². The number of nitrogens with one attached hydrogen (secondary N) is 2. The molecule has 0 unspecified atom stereocenters. The first-order valence-electron chi connectivity index (χ1n) is 6.78. The Morgan fingerprint density at radius 3 is 2.83 bits per heavy atom. The summed E-state index contributed by atoms with van der Waals surface area (Å²) in [6.07, 6.45) is 0.536. The molecule has 0 saturated heterocycles. The van der Waals surface area contributed by atoms with Crippen LogP contribution in [0, 0.1) is 0 Å². The van der Waals surface area contributed by atoms with Crippen LogP contribution in [-0.2, 0) is 0 Å². The van der Waals surface area contributed by atoms with Gasteiger partial charge in [-0.3, -0.25) is 4.79 Å². The van der Waals surface area contributed by atoms with Crippen molar-refractivity contribution < 1.29 is 18.0 Å². The van der Waals surface area contributed by atoms with E-state index in [4.69, 9.17) is 0 Å². The highest BCUT2D eigenvalue weighted by molar-refractivity contribution is 5.97. The van der Waals surface area contributed by atoms with E-state index < -0.39 is 18.6 Å². The number of hydrogen-bond donors (Lipinski definition) is 2. The molecule has 0 bridgehead atoms. The van der Waals surface area contributed by atoms with Crippen LogP contribution < -0.4 is 0 Å². The van der Waals surface area contributed by atoms with Gasteiger partial charge in [-0.1, -0.05) is 0 Å². The first-order chi connectivity index (χ1) is 10.8.